The Bertz CT molecular complexity index is 1150. The van der Waals surface area contributed by atoms with Crippen LogP contribution in [0.25, 0.3) is 0 Å². The molecule has 1 fully saturated rings. The van der Waals surface area contributed by atoms with Gasteiger partial charge in [0.2, 0.25) is 0 Å². The second-order valence-corrected chi connectivity index (χ2v) is 9.59. The molecule has 4 rings (SSSR count). The zero-order valence-corrected chi connectivity index (χ0v) is 19.7. The lowest BCUT2D eigenvalue weighted by Crippen LogP contribution is -2.19. The number of nitrogens with zero attached hydrogens (tertiary/aromatic N) is 1. The Hall–Kier alpha value is -2.94. The summed E-state index contributed by atoms with van der Waals surface area (Å²) in [7, 11) is 0. The fourth-order valence-corrected chi connectivity index (χ4v) is 5.16. The molecule has 2 aromatic carbocycles. The third-order valence-corrected chi connectivity index (χ3v) is 7.16. The van der Waals surface area contributed by atoms with Crippen LogP contribution in [-0.2, 0) is 6.42 Å². The van der Waals surface area contributed by atoms with Crippen molar-refractivity contribution >= 4 is 40.1 Å². The average Bonchev–Trinajstić information content (AvgIpc) is 3.54. The van der Waals surface area contributed by atoms with E-state index in [1.54, 1.807) is 5.38 Å². The molecule has 0 saturated heterocycles. The molecule has 1 aromatic heterocycles. The van der Waals surface area contributed by atoms with Gasteiger partial charge in [0.15, 0.2) is 10.8 Å². The first-order valence-corrected chi connectivity index (χ1v) is 12.6. The molecule has 0 unspecified atom stereocenters. The summed E-state index contributed by atoms with van der Waals surface area (Å²) in [6.45, 7) is 0. The van der Waals surface area contributed by atoms with E-state index in [-0.39, 0.29) is 11.6 Å². The molecular weight excluding hydrogens is 452 g/mol. The summed E-state index contributed by atoms with van der Waals surface area (Å²) in [5.41, 5.74) is 4.33. The molecule has 0 spiro atoms. The Morgan fingerprint density at radius 2 is 1.85 bits per heavy atom. The number of rotatable bonds is 9. The van der Waals surface area contributed by atoms with E-state index >= 15 is 0 Å². The molecule has 1 aliphatic carbocycles. The van der Waals surface area contributed by atoms with Crippen molar-refractivity contribution in [3.63, 3.8) is 0 Å². The SMILES string of the molecule is N=C(/C(Cc1ccc(SN)cc1)=C(\Nc1nc(C(=O)O)cs1)C1CCCC1)c1ccccc1. The molecule has 0 aliphatic heterocycles. The van der Waals surface area contributed by atoms with Gasteiger partial charge in [-0.3, -0.25) is 10.5 Å². The van der Waals surface area contributed by atoms with Crippen LogP contribution >= 0.6 is 23.3 Å². The minimum atomic E-state index is -1.04. The van der Waals surface area contributed by atoms with E-state index in [1.807, 2.05) is 54.6 Å². The van der Waals surface area contributed by atoms with Gasteiger partial charge in [-0.05, 0) is 54.0 Å². The van der Waals surface area contributed by atoms with E-state index in [2.05, 4.69) is 10.3 Å². The Kier molecular flexibility index (Phi) is 7.59. The Morgan fingerprint density at radius 3 is 2.45 bits per heavy atom. The monoisotopic (exact) mass is 478 g/mol. The number of nitrogens with two attached hydrogens (primary N) is 1. The third kappa shape index (κ3) is 5.71. The van der Waals surface area contributed by atoms with E-state index in [9.17, 15) is 9.90 Å². The molecule has 0 radical (unpaired) electrons. The highest BCUT2D eigenvalue weighted by atomic mass is 32.2. The number of carboxylic acid groups (broad SMARTS) is 1. The second-order valence-electron chi connectivity index (χ2n) is 8.02. The van der Waals surface area contributed by atoms with Crippen LogP contribution in [0.15, 0.2) is 76.1 Å². The summed E-state index contributed by atoms with van der Waals surface area (Å²) in [4.78, 5) is 16.6. The normalized spacial score (nSPS) is 14.7. The highest BCUT2D eigenvalue weighted by Crippen LogP contribution is 2.36. The second kappa shape index (κ2) is 10.8. The standard InChI is InChI=1S/C25H26N4O2S2/c26-22(17-6-2-1-3-7-17)20(14-16-10-12-19(33-27)13-11-16)23(18-8-4-5-9-18)29-25-28-21(15-32-25)24(30)31/h1-3,6-7,10-13,15,18,26H,4-5,8-9,14,27H2,(H,28,29)(H,30,31)/b23-20-,26-22?. The predicted octanol–water partition coefficient (Wildman–Crippen LogP) is 5.97. The minimum Gasteiger partial charge on any atom is -0.476 e. The van der Waals surface area contributed by atoms with Crippen LogP contribution in [0.5, 0.6) is 0 Å². The zero-order chi connectivity index (χ0) is 23.2. The summed E-state index contributed by atoms with van der Waals surface area (Å²) in [6, 6.07) is 17.8. The van der Waals surface area contributed by atoms with Crippen LogP contribution in [0.3, 0.4) is 0 Å². The van der Waals surface area contributed by atoms with E-state index in [4.69, 9.17) is 10.5 Å². The molecule has 170 valence electrons. The molecule has 6 nitrogen and oxygen atoms in total. The molecule has 1 saturated carbocycles. The number of carboxylic acids is 1. The number of hydrogen-bond donors (Lipinski definition) is 4. The van der Waals surface area contributed by atoms with Gasteiger partial charge in [-0.25, -0.2) is 9.78 Å². The maximum absolute atomic E-state index is 11.3. The molecule has 0 bridgehead atoms. The van der Waals surface area contributed by atoms with Crippen LogP contribution in [0, 0.1) is 11.3 Å². The van der Waals surface area contributed by atoms with Crippen LogP contribution < -0.4 is 10.5 Å². The number of thiazole rings is 1. The Morgan fingerprint density at radius 1 is 1.15 bits per heavy atom. The molecule has 1 heterocycles. The van der Waals surface area contributed by atoms with Gasteiger partial charge in [0.05, 0.1) is 5.71 Å². The Labute approximate surface area is 201 Å². The summed E-state index contributed by atoms with van der Waals surface area (Å²) < 4.78 is 0. The van der Waals surface area contributed by atoms with Crippen molar-refractivity contribution in [2.75, 3.05) is 5.32 Å². The van der Waals surface area contributed by atoms with Crippen LogP contribution in [-0.4, -0.2) is 21.8 Å². The molecular formula is C25H26N4O2S2. The van der Waals surface area contributed by atoms with Gasteiger partial charge < -0.3 is 10.4 Å². The summed E-state index contributed by atoms with van der Waals surface area (Å²) in [6.07, 6.45) is 4.94. The van der Waals surface area contributed by atoms with Gasteiger partial charge in [0.1, 0.15) is 0 Å². The first-order valence-electron chi connectivity index (χ1n) is 10.8. The number of carbonyl (C=O) groups is 1. The lowest BCUT2D eigenvalue weighted by molar-refractivity contribution is 0.0691. The van der Waals surface area contributed by atoms with Crippen molar-refractivity contribution in [2.45, 2.75) is 37.0 Å². The molecule has 33 heavy (non-hydrogen) atoms. The van der Waals surface area contributed by atoms with E-state index < -0.39 is 5.97 Å². The number of benzene rings is 2. The highest BCUT2D eigenvalue weighted by Gasteiger charge is 2.26. The molecule has 1 aliphatic rings. The average molecular weight is 479 g/mol. The van der Waals surface area contributed by atoms with Crippen LogP contribution in [0.4, 0.5) is 5.13 Å². The highest BCUT2D eigenvalue weighted by molar-refractivity contribution is 7.97. The molecule has 0 amide bonds. The zero-order valence-electron chi connectivity index (χ0n) is 18.1. The fourth-order valence-electron chi connectivity index (χ4n) is 4.17. The summed E-state index contributed by atoms with van der Waals surface area (Å²) in [5, 5.41) is 29.6. The number of anilines is 1. The maximum Gasteiger partial charge on any atom is 0.355 e. The first-order chi connectivity index (χ1) is 16.0. The van der Waals surface area contributed by atoms with Crippen molar-refractivity contribution in [1.29, 1.82) is 5.41 Å². The molecule has 8 heteroatoms. The largest absolute Gasteiger partial charge is 0.476 e. The first kappa shape index (κ1) is 23.2. The third-order valence-electron chi connectivity index (χ3n) is 5.86. The van der Waals surface area contributed by atoms with Gasteiger partial charge in [-0.2, -0.15) is 0 Å². The van der Waals surface area contributed by atoms with Crippen LogP contribution in [0.1, 0.15) is 47.3 Å². The molecule has 3 aromatic rings. The number of aromatic nitrogens is 1. The predicted molar refractivity (Wildman–Crippen MR) is 135 cm³/mol. The Balaban J connectivity index is 1.78. The van der Waals surface area contributed by atoms with E-state index in [0.29, 0.717) is 17.3 Å². The van der Waals surface area contributed by atoms with Crippen molar-refractivity contribution in [1.82, 2.24) is 4.98 Å². The van der Waals surface area contributed by atoms with Crippen molar-refractivity contribution in [2.24, 2.45) is 11.1 Å². The fraction of sp³-hybridized carbons (Fsp3) is 0.240. The van der Waals surface area contributed by atoms with Gasteiger partial charge in [0.25, 0.3) is 0 Å². The smallest absolute Gasteiger partial charge is 0.355 e. The number of aromatic carboxylic acids is 1. The minimum absolute atomic E-state index is 0.0304. The van der Waals surface area contributed by atoms with Gasteiger partial charge >= 0.3 is 5.97 Å². The molecule has 0 atom stereocenters. The summed E-state index contributed by atoms with van der Waals surface area (Å²) in [5.74, 6) is -0.763. The lowest BCUT2D eigenvalue weighted by Gasteiger charge is -2.22. The van der Waals surface area contributed by atoms with Gasteiger partial charge in [-0.15, -0.1) is 11.3 Å². The quantitative estimate of drug-likeness (QED) is 0.222. The van der Waals surface area contributed by atoms with E-state index in [1.165, 1.54) is 23.3 Å². The number of hydrogen-bond acceptors (Lipinski definition) is 7. The summed E-state index contributed by atoms with van der Waals surface area (Å²) >= 11 is 2.49. The van der Waals surface area contributed by atoms with Crippen molar-refractivity contribution in [3.8, 4) is 0 Å². The lowest BCUT2D eigenvalue weighted by atomic mass is 9.89. The molecule has 5 N–H and O–H groups in total. The van der Waals surface area contributed by atoms with Crippen molar-refractivity contribution < 1.29 is 9.90 Å². The number of allylic oxidation sites excluding steroid dienone is 2. The van der Waals surface area contributed by atoms with E-state index in [0.717, 1.165) is 53.0 Å². The number of nitrogens with one attached hydrogen (secondary N) is 2. The van der Waals surface area contributed by atoms with Crippen LogP contribution in [0.2, 0.25) is 0 Å². The topological polar surface area (TPSA) is 112 Å². The van der Waals surface area contributed by atoms with Gasteiger partial charge in [0, 0.05) is 28.0 Å². The maximum atomic E-state index is 11.3. The van der Waals surface area contributed by atoms with Crippen molar-refractivity contribution in [3.05, 3.63) is 88.1 Å². The van der Waals surface area contributed by atoms with Gasteiger partial charge in [-0.1, -0.05) is 55.3 Å².